The maximum Gasteiger partial charge on any atom is 0.239 e. The fraction of sp³-hybridized carbons (Fsp3) is 0.455. The quantitative estimate of drug-likeness (QED) is 0.795. The maximum absolute atomic E-state index is 11.3. The molecule has 0 aromatic carbocycles. The Hall–Kier alpha value is -0.940. The predicted molar refractivity (Wildman–Crippen MR) is 68.2 cm³/mol. The van der Waals surface area contributed by atoms with Crippen molar-refractivity contribution in [3.8, 4) is 0 Å². The Morgan fingerprint density at radius 1 is 1.44 bits per heavy atom. The number of nitrogens with zero attached hydrogens (tertiary/aromatic N) is 2. The number of carbonyl (C=O) groups excluding carboxylic acids is 1. The molecule has 0 fully saturated rings. The van der Waals surface area contributed by atoms with Gasteiger partial charge >= 0.3 is 0 Å². The maximum atomic E-state index is 11.3. The third kappa shape index (κ3) is 3.28. The van der Waals surface area contributed by atoms with E-state index in [9.17, 15) is 4.79 Å². The fourth-order valence-corrected chi connectivity index (χ4v) is 1.86. The van der Waals surface area contributed by atoms with Crippen LogP contribution in [0.1, 0.15) is 19.4 Å². The molecule has 1 aliphatic rings. The van der Waals surface area contributed by atoms with E-state index in [0.29, 0.717) is 12.4 Å². The van der Waals surface area contributed by atoms with Gasteiger partial charge in [0.15, 0.2) is 0 Å². The largest absolute Gasteiger partial charge is 0.309 e. The SMILES string of the molecule is CC.CN1CC(=O)Nc2ncc(Br)cc2C1. The van der Waals surface area contributed by atoms with E-state index in [2.05, 4.69) is 26.2 Å². The van der Waals surface area contributed by atoms with Gasteiger partial charge in [-0.1, -0.05) is 13.8 Å². The summed E-state index contributed by atoms with van der Waals surface area (Å²) in [6.07, 6.45) is 1.68. The summed E-state index contributed by atoms with van der Waals surface area (Å²) in [5, 5.41) is 2.77. The molecule has 5 heteroatoms. The van der Waals surface area contributed by atoms with Crippen LogP contribution in [0.3, 0.4) is 0 Å². The molecule has 0 spiro atoms. The van der Waals surface area contributed by atoms with Gasteiger partial charge in [-0.05, 0) is 29.0 Å². The molecule has 0 saturated heterocycles. The highest BCUT2D eigenvalue weighted by Gasteiger charge is 2.17. The van der Waals surface area contributed by atoms with Crippen molar-refractivity contribution in [3.05, 3.63) is 22.3 Å². The zero-order chi connectivity index (χ0) is 12.1. The van der Waals surface area contributed by atoms with Crippen LogP contribution < -0.4 is 5.32 Å². The summed E-state index contributed by atoms with van der Waals surface area (Å²) >= 11 is 3.36. The molecular formula is C11H16BrN3O. The number of likely N-dealkylation sites (N-methyl/N-ethyl adjacent to an activating group) is 1. The number of anilines is 1. The first-order valence-corrected chi connectivity index (χ1v) is 6.07. The number of amides is 1. The molecule has 0 aliphatic carbocycles. The number of hydrogen-bond donors (Lipinski definition) is 1. The van der Waals surface area contributed by atoms with Crippen molar-refractivity contribution in [2.75, 3.05) is 18.9 Å². The number of carbonyl (C=O) groups is 1. The molecule has 0 bridgehead atoms. The summed E-state index contributed by atoms with van der Waals surface area (Å²) in [6.45, 7) is 5.15. The van der Waals surface area contributed by atoms with Crippen molar-refractivity contribution in [1.29, 1.82) is 0 Å². The van der Waals surface area contributed by atoms with Crippen molar-refractivity contribution < 1.29 is 4.79 Å². The molecule has 1 N–H and O–H groups in total. The molecule has 2 heterocycles. The first kappa shape index (κ1) is 13.1. The number of aromatic nitrogens is 1. The van der Waals surface area contributed by atoms with Crippen LogP contribution in [-0.2, 0) is 11.3 Å². The highest BCUT2D eigenvalue weighted by atomic mass is 79.9. The van der Waals surface area contributed by atoms with Crippen molar-refractivity contribution in [2.45, 2.75) is 20.4 Å². The average Bonchev–Trinajstić information content (AvgIpc) is 2.37. The third-order valence-corrected chi connectivity index (χ3v) is 2.48. The number of pyridine rings is 1. The van der Waals surface area contributed by atoms with Gasteiger partial charge in [-0.3, -0.25) is 9.69 Å². The van der Waals surface area contributed by atoms with E-state index in [-0.39, 0.29) is 5.91 Å². The van der Waals surface area contributed by atoms with Gasteiger partial charge in [0, 0.05) is 22.8 Å². The minimum absolute atomic E-state index is 0.0129. The van der Waals surface area contributed by atoms with Crippen molar-refractivity contribution in [2.24, 2.45) is 0 Å². The lowest BCUT2D eigenvalue weighted by Gasteiger charge is -2.10. The van der Waals surface area contributed by atoms with E-state index in [1.54, 1.807) is 6.20 Å². The number of nitrogens with one attached hydrogen (secondary N) is 1. The number of hydrogen-bond acceptors (Lipinski definition) is 3. The zero-order valence-electron chi connectivity index (χ0n) is 9.75. The summed E-state index contributed by atoms with van der Waals surface area (Å²) in [6, 6.07) is 1.98. The normalized spacial score (nSPS) is 15.4. The van der Waals surface area contributed by atoms with E-state index in [1.807, 2.05) is 31.9 Å². The number of fused-ring (bicyclic) bond motifs is 1. The highest BCUT2D eigenvalue weighted by Crippen LogP contribution is 2.21. The minimum atomic E-state index is -0.0129. The number of rotatable bonds is 0. The molecule has 16 heavy (non-hydrogen) atoms. The first-order chi connectivity index (χ1) is 7.65. The Labute approximate surface area is 104 Å². The van der Waals surface area contributed by atoms with Crippen molar-refractivity contribution in [1.82, 2.24) is 9.88 Å². The summed E-state index contributed by atoms with van der Waals surface area (Å²) in [7, 11) is 1.91. The molecular weight excluding hydrogens is 270 g/mol. The molecule has 1 aromatic rings. The van der Waals surface area contributed by atoms with Gasteiger partial charge in [0.05, 0.1) is 6.54 Å². The van der Waals surface area contributed by atoms with Gasteiger partial charge in [-0.15, -0.1) is 0 Å². The summed E-state index contributed by atoms with van der Waals surface area (Å²) in [4.78, 5) is 17.4. The van der Waals surface area contributed by atoms with E-state index < -0.39 is 0 Å². The third-order valence-electron chi connectivity index (χ3n) is 2.04. The van der Waals surface area contributed by atoms with E-state index in [0.717, 1.165) is 16.6 Å². The van der Waals surface area contributed by atoms with Crippen LogP contribution in [0, 0.1) is 0 Å². The Morgan fingerprint density at radius 3 is 2.81 bits per heavy atom. The van der Waals surface area contributed by atoms with Crippen LogP contribution >= 0.6 is 15.9 Å². The van der Waals surface area contributed by atoms with Crippen LogP contribution in [0.15, 0.2) is 16.7 Å². The molecule has 2 rings (SSSR count). The summed E-state index contributed by atoms with van der Waals surface area (Å²) < 4.78 is 0.931. The molecule has 88 valence electrons. The standard InChI is InChI=1S/C9H10BrN3O.C2H6/c1-13-4-6-2-7(10)3-11-9(6)12-8(14)5-13;1-2/h2-3H,4-5H2,1H3,(H,11,12,14);1-2H3. The Morgan fingerprint density at radius 2 is 2.12 bits per heavy atom. The first-order valence-electron chi connectivity index (χ1n) is 5.28. The van der Waals surface area contributed by atoms with Gasteiger partial charge in [-0.25, -0.2) is 4.98 Å². The van der Waals surface area contributed by atoms with E-state index in [1.165, 1.54) is 0 Å². The topological polar surface area (TPSA) is 45.2 Å². The highest BCUT2D eigenvalue weighted by molar-refractivity contribution is 9.10. The van der Waals surface area contributed by atoms with Crippen LogP contribution in [-0.4, -0.2) is 29.4 Å². The smallest absolute Gasteiger partial charge is 0.239 e. The Balaban J connectivity index is 0.000000606. The van der Waals surface area contributed by atoms with Crippen LogP contribution in [0.5, 0.6) is 0 Å². The summed E-state index contributed by atoms with van der Waals surface area (Å²) in [5.74, 6) is 0.656. The second kappa shape index (κ2) is 5.96. The Kier molecular flexibility index (Phi) is 4.89. The molecule has 0 unspecified atom stereocenters. The van der Waals surface area contributed by atoms with Crippen molar-refractivity contribution >= 4 is 27.7 Å². The molecule has 0 atom stereocenters. The van der Waals surface area contributed by atoms with Crippen LogP contribution in [0.4, 0.5) is 5.82 Å². The van der Waals surface area contributed by atoms with Gasteiger partial charge in [-0.2, -0.15) is 0 Å². The van der Waals surface area contributed by atoms with E-state index in [4.69, 9.17) is 0 Å². The van der Waals surface area contributed by atoms with Gasteiger partial charge in [0.25, 0.3) is 0 Å². The van der Waals surface area contributed by atoms with Gasteiger partial charge in [0.1, 0.15) is 5.82 Å². The summed E-state index contributed by atoms with van der Waals surface area (Å²) in [5.41, 5.74) is 1.03. The second-order valence-electron chi connectivity index (χ2n) is 3.38. The van der Waals surface area contributed by atoms with E-state index >= 15 is 0 Å². The molecule has 1 aromatic heterocycles. The molecule has 0 radical (unpaired) electrons. The number of halogens is 1. The van der Waals surface area contributed by atoms with Gasteiger partial charge in [0.2, 0.25) is 5.91 Å². The lowest BCUT2D eigenvalue weighted by atomic mass is 10.2. The molecule has 0 saturated carbocycles. The fourth-order valence-electron chi connectivity index (χ4n) is 1.48. The molecule has 1 amide bonds. The zero-order valence-corrected chi connectivity index (χ0v) is 11.3. The lowest BCUT2D eigenvalue weighted by Crippen LogP contribution is -2.26. The van der Waals surface area contributed by atoms with Crippen molar-refractivity contribution in [3.63, 3.8) is 0 Å². The molecule has 4 nitrogen and oxygen atoms in total. The van der Waals surface area contributed by atoms with Crippen LogP contribution in [0.25, 0.3) is 0 Å². The minimum Gasteiger partial charge on any atom is -0.309 e. The Bertz CT molecular complexity index is 381. The molecule has 1 aliphatic heterocycles. The van der Waals surface area contributed by atoms with Crippen LogP contribution in [0.2, 0.25) is 0 Å². The predicted octanol–water partition coefficient (Wildman–Crippen LogP) is 2.25. The lowest BCUT2D eigenvalue weighted by molar-refractivity contribution is -0.116. The van der Waals surface area contributed by atoms with Gasteiger partial charge < -0.3 is 5.32 Å². The monoisotopic (exact) mass is 285 g/mol. The average molecular weight is 286 g/mol. The second-order valence-corrected chi connectivity index (χ2v) is 4.30.